The number of aliphatic carboxylic acids is 1. The molecule has 2 aliphatic carbocycles. The first-order valence-electron chi connectivity index (χ1n) is 11.5. The second-order valence-electron chi connectivity index (χ2n) is 8.73. The molecule has 3 N–H and O–H groups in total. The van der Waals surface area contributed by atoms with Crippen molar-refractivity contribution in [2.24, 2.45) is 5.92 Å². The van der Waals surface area contributed by atoms with Crippen LogP contribution in [-0.4, -0.2) is 41.8 Å². The molecule has 1 fully saturated rings. The van der Waals surface area contributed by atoms with Crippen LogP contribution in [0, 0.1) is 17.8 Å². The van der Waals surface area contributed by atoms with E-state index in [4.69, 9.17) is 4.74 Å². The Morgan fingerprint density at radius 2 is 1.62 bits per heavy atom. The summed E-state index contributed by atoms with van der Waals surface area (Å²) in [5.41, 5.74) is 4.43. The van der Waals surface area contributed by atoms with Crippen LogP contribution in [0.5, 0.6) is 0 Å². The Kier molecular flexibility index (Phi) is 7.17. The lowest BCUT2D eigenvalue weighted by Gasteiger charge is -2.21. The van der Waals surface area contributed by atoms with Crippen molar-refractivity contribution in [3.8, 4) is 23.0 Å². The van der Waals surface area contributed by atoms with Crippen LogP contribution in [0.4, 0.5) is 4.79 Å². The molecular weight excluding hydrogens is 432 g/mol. The minimum atomic E-state index is -1.08. The Labute approximate surface area is 198 Å². The van der Waals surface area contributed by atoms with Crippen LogP contribution in [0.15, 0.2) is 48.5 Å². The van der Waals surface area contributed by atoms with Gasteiger partial charge in [-0.3, -0.25) is 4.79 Å². The zero-order valence-corrected chi connectivity index (χ0v) is 19.0. The number of alkyl carbamates (subject to hydrolysis) is 1. The quantitative estimate of drug-likeness (QED) is 0.495. The number of fused-ring (bicyclic) bond motifs is 3. The van der Waals surface area contributed by atoms with Crippen LogP contribution in [-0.2, 0) is 14.3 Å². The molecule has 0 radical (unpaired) electrons. The van der Waals surface area contributed by atoms with Crippen LogP contribution >= 0.6 is 0 Å². The van der Waals surface area contributed by atoms with Crippen molar-refractivity contribution in [3.63, 3.8) is 0 Å². The van der Waals surface area contributed by atoms with Crippen molar-refractivity contribution < 1.29 is 24.2 Å². The lowest BCUT2D eigenvalue weighted by molar-refractivity contribution is -0.142. The highest BCUT2D eigenvalue weighted by atomic mass is 16.5. The predicted molar refractivity (Wildman–Crippen MR) is 127 cm³/mol. The summed E-state index contributed by atoms with van der Waals surface area (Å²) in [6, 6.07) is 14.1. The minimum absolute atomic E-state index is 0.0578. The molecule has 0 bridgehead atoms. The van der Waals surface area contributed by atoms with Gasteiger partial charge < -0.3 is 20.5 Å². The standard InChI is InChI=1S/C27H28N2O5/c1-2-3-12-23(25(30)28-24(26(31)32)15-17-13-14-17)29-27(33)34-16-22-20-10-6-4-8-18(20)19-9-5-7-11-21(19)22/h4-11,17,22-24H,12-16H2,1H3,(H,28,30)(H,29,33)(H,31,32)/t23?,24-/m0/s1. The van der Waals surface area contributed by atoms with Gasteiger partial charge in [0.1, 0.15) is 18.7 Å². The lowest BCUT2D eigenvalue weighted by Crippen LogP contribution is -2.51. The van der Waals surface area contributed by atoms with E-state index in [0.29, 0.717) is 12.3 Å². The Balaban J connectivity index is 1.40. The van der Waals surface area contributed by atoms with Gasteiger partial charge in [0.05, 0.1) is 0 Å². The van der Waals surface area contributed by atoms with E-state index in [9.17, 15) is 19.5 Å². The molecule has 2 aromatic rings. The van der Waals surface area contributed by atoms with E-state index in [-0.39, 0.29) is 18.9 Å². The fourth-order valence-electron chi connectivity index (χ4n) is 4.38. The Bertz CT molecular complexity index is 1100. The van der Waals surface area contributed by atoms with Gasteiger partial charge in [0.25, 0.3) is 0 Å². The molecule has 0 spiro atoms. The third-order valence-electron chi connectivity index (χ3n) is 6.32. The molecule has 2 aromatic carbocycles. The molecule has 1 saturated carbocycles. The second-order valence-corrected chi connectivity index (χ2v) is 8.73. The number of hydrogen-bond acceptors (Lipinski definition) is 4. The SMILES string of the molecule is CC#CCC(NC(=O)OCC1c2ccccc2-c2ccccc21)C(=O)N[C@@H](CC1CC1)C(=O)O. The van der Waals surface area contributed by atoms with Crippen LogP contribution < -0.4 is 10.6 Å². The van der Waals surface area contributed by atoms with E-state index in [2.05, 4.69) is 34.6 Å². The highest BCUT2D eigenvalue weighted by Gasteiger charge is 2.33. The zero-order chi connectivity index (χ0) is 24.1. The number of amides is 2. The van der Waals surface area contributed by atoms with E-state index in [1.54, 1.807) is 6.92 Å². The van der Waals surface area contributed by atoms with Crippen LogP contribution in [0.2, 0.25) is 0 Å². The summed E-state index contributed by atoms with van der Waals surface area (Å²) >= 11 is 0. The summed E-state index contributed by atoms with van der Waals surface area (Å²) in [4.78, 5) is 37.0. The summed E-state index contributed by atoms with van der Waals surface area (Å²) in [6.07, 6.45) is 1.65. The number of ether oxygens (including phenoxy) is 1. The molecule has 0 aromatic heterocycles. The summed E-state index contributed by atoms with van der Waals surface area (Å²) in [5, 5.41) is 14.6. The van der Waals surface area contributed by atoms with Gasteiger partial charge in [-0.05, 0) is 41.5 Å². The van der Waals surface area contributed by atoms with Gasteiger partial charge in [-0.25, -0.2) is 9.59 Å². The molecule has 176 valence electrons. The number of carboxylic acid groups (broad SMARTS) is 1. The van der Waals surface area contributed by atoms with Crippen LogP contribution in [0.25, 0.3) is 11.1 Å². The van der Waals surface area contributed by atoms with Crippen LogP contribution in [0.1, 0.15) is 49.7 Å². The van der Waals surface area contributed by atoms with Gasteiger partial charge in [0, 0.05) is 12.3 Å². The zero-order valence-electron chi connectivity index (χ0n) is 19.0. The van der Waals surface area contributed by atoms with Crippen molar-refractivity contribution in [2.45, 2.75) is 50.6 Å². The van der Waals surface area contributed by atoms with Crippen molar-refractivity contribution in [3.05, 3.63) is 59.7 Å². The molecule has 4 rings (SSSR count). The van der Waals surface area contributed by atoms with Crippen molar-refractivity contribution >= 4 is 18.0 Å². The Hall–Kier alpha value is -3.79. The molecule has 2 aliphatic rings. The molecule has 2 atom stereocenters. The molecule has 2 amide bonds. The van der Waals surface area contributed by atoms with Crippen molar-refractivity contribution in [2.75, 3.05) is 6.61 Å². The molecule has 7 heteroatoms. The fraction of sp³-hybridized carbons (Fsp3) is 0.370. The van der Waals surface area contributed by atoms with E-state index in [0.717, 1.165) is 35.1 Å². The number of nitrogens with one attached hydrogen (secondary N) is 2. The highest BCUT2D eigenvalue weighted by Crippen LogP contribution is 2.44. The first-order valence-corrected chi connectivity index (χ1v) is 11.5. The lowest BCUT2D eigenvalue weighted by atomic mass is 9.98. The molecule has 0 saturated heterocycles. The van der Waals surface area contributed by atoms with Gasteiger partial charge in [-0.2, -0.15) is 0 Å². The van der Waals surface area contributed by atoms with Crippen molar-refractivity contribution in [1.82, 2.24) is 10.6 Å². The average Bonchev–Trinajstić information content (AvgIpc) is 3.60. The first kappa shape index (κ1) is 23.4. The van der Waals surface area contributed by atoms with Gasteiger partial charge in [0.15, 0.2) is 0 Å². The van der Waals surface area contributed by atoms with E-state index in [1.165, 1.54) is 0 Å². The Morgan fingerprint density at radius 1 is 1.00 bits per heavy atom. The summed E-state index contributed by atoms with van der Waals surface area (Å²) < 4.78 is 5.53. The maximum atomic E-state index is 12.8. The molecule has 7 nitrogen and oxygen atoms in total. The summed E-state index contributed by atoms with van der Waals surface area (Å²) in [7, 11) is 0. The van der Waals surface area contributed by atoms with Gasteiger partial charge in [-0.1, -0.05) is 61.4 Å². The Morgan fingerprint density at radius 3 is 2.18 bits per heavy atom. The second kappa shape index (κ2) is 10.4. The summed E-state index contributed by atoms with van der Waals surface area (Å²) in [5.74, 6) is 4.05. The first-order chi connectivity index (χ1) is 16.5. The molecule has 0 heterocycles. The van der Waals surface area contributed by atoms with Crippen LogP contribution in [0.3, 0.4) is 0 Å². The fourth-order valence-corrected chi connectivity index (χ4v) is 4.38. The average molecular weight is 461 g/mol. The van der Waals surface area contributed by atoms with E-state index < -0.39 is 30.1 Å². The largest absolute Gasteiger partial charge is 0.480 e. The minimum Gasteiger partial charge on any atom is -0.480 e. The van der Waals surface area contributed by atoms with Gasteiger partial charge in [0.2, 0.25) is 5.91 Å². The maximum Gasteiger partial charge on any atom is 0.407 e. The molecule has 34 heavy (non-hydrogen) atoms. The van der Waals surface area contributed by atoms with Gasteiger partial charge in [-0.15, -0.1) is 11.8 Å². The smallest absolute Gasteiger partial charge is 0.407 e. The van der Waals surface area contributed by atoms with E-state index in [1.807, 2.05) is 36.4 Å². The van der Waals surface area contributed by atoms with Crippen molar-refractivity contribution in [1.29, 1.82) is 0 Å². The third kappa shape index (κ3) is 5.40. The van der Waals surface area contributed by atoms with E-state index >= 15 is 0 Å². The van der Waals surface area contributed by atoms with Gasteiger partial charge >= 0.3 is 12.1 Å². The predicted octanol–water partition coefficient (Wildman–Crippen LogP) is 3.68. The normalized spacial score (nSPS) is 15.7. The highest BCUT2D eigenvalue weighted by molar-refractivity contribution is 5.89. The molecular formula is C27H28N2O5. The number of carboxylic acids is 1. The number of hydrogen-bond donors (Lipinski definition) is 3. The molecule has 0 aliphatic heterocycles. The third-order valence-corrected chi connectivity index (χ3v) is 6.32. The topological polar surface area (TPSA) is 105 Å². The molecule has 1 unspecified atom stereocenters. The monoisotopic (exact) mass is 460 g/mol. The summed E-state index contributed by atoms with van der Waals surface area (Å²) in [6.45, 7) is 1.75. The maximum absolute atomic E-state index is 12.8. The number of rotatable bonds is 9. The number of benzene rings is 2. The number of carbonyl (C=O) groups is 3. The number of carbonyl (C=O) groups excluding carboxylic acids is 2.